The molecule has 2 N–H and O–H groups in total. The van der Waals surface area contributed by atoms with E-state index < -0.39 is 0 Å². The van der Waals surface area contributed by atoms with Crippen molar-refractivity contribution in [1.29, 1.82) is 0 Å². The Morgan fingerprint density at radius 3 is 2.45 bits per heavy atom. The lowest BCUT2D eigenvalue weighted by molar-refractivity contribution is 0.238. The van der Waals surface area contributed by atoms with E-state index in [0.717, 1.165) is 12.8 Å². The van der Waals surface area contributed by atoms with E-state index in [1.165, 1.54) is 0 Å². The Morgan fingerprint density at radius 2 is 1.86 bits per heavy atom. The number of hydrogen-bond acceptors (Lipinski definition) is 3. The van der Waals surface area contributed by atoms with Gasteiger partial charge in [-0.05, 0) is 31.0 Å². The Labute approximate surface area is 144 Å². The van der Waals surface area contributed by atoms with E-state index >= 15 is 0 Å². The van der Waals surface area contributed by atoms with Crippen molar-refractivity contribution in [2.45, 2.75) is 12.8 Å². The van der Waals surface area contributed by atoms with Crippen LogP contribution in [0.25, 0.3) is 11.1 Å². The molecule has 0 unspecified atom stereocenters. The maximum absolute atomic E-state index is 6.24. The summed E-state index contributed by atoms with van der Waals surface area (Å²) in [6.45, 7) is 1.22. The molecule has 0 spiro atoms. The molecule has 1 aliphatic carbocycles. The Balaban J connectivity index is 1.90. The van der Waals surface area contributed by atoms with Crippen LogP contribution < -0.4 is 10.5 Å². The van der Waals surface area contributed by atoms with E-state index in [9.17, 15) is 0 Å². The normalized spacial score (nSPS) is 15.6. The van der Waals surface area contributed by atoms with E-state index in [1.54, 1.807) is 24.4 Å². The van der Waals surface area contributed by atoms with Gasteiger partial charge in [-0.2, -0.15) is 0 Å². The number of hydrogen-bond donors (Lipinski definition) is 1. The number of pyridine rings is 1. The third kappa shape index (κ3) is 3.18. The van der Waals surface area contributed by atoms with Gasteiger partial charge in [-0.3, -0.25) is 0 Å². The lowest BCUT2D eigenvalue weighted by Crippen LogP contribution is -2.22. The van der Waals surface area contributed by atoms with Crippen LogP contribution in [-0.2, 0) is 0 Å². The second kappa shape index (κ2) is 6.25. The monoisotopic (exact) mass is 356 g/mol. The van der Waals surface area contributed by atoms with Crippen molar-refractivity contribution in [2.24, 2.45) is 11.1 Å². The van der Waals surface area contributed by atoms with Crippen LogP contribution >= 0.6 is 34.8 Å². The number of rotatable bonds is 5. The van der Waals surface area contributed by atoms with Crippen molar-refractivity contribution in [3.05, 3.63) is 45.7 Å². The highest BCUT2D eigenvalue weighted by molar-refractivity contribution is 6.40. The first-order chi connectivity index (χ1) is 10.5. The highest BCUT2D eigenvalue weighted by Gasteiger charge is 2.42. The molecule has 0 amide bonds. The molecule has 22 heavy (non-hydrogen) atoms. The van der Waals surface area contributed by atoms with Crippen LogP contribution in [0.5, 0.6) is 5.75 Å². The van der Waals surface area contributed by atoms with Crippen LogP contribution in [0.2, 0.25) is 15.2 Å². The third-order valence-electron chi connectivity index (χ3n) is 3.98. The van der Waals surface area contributed by atoms with Gasteiger partial charge in [-0.1, -0.05) is 40.9 Å². The second-order valence-corrected chi connectivity index (χ2v) is 6.77. The molecule has 0 saturated heterocycles. The quantitative estimate of drug-likeness (QED) is 0.780. The number of nitrogens with zero attached hydrogens (tertiary/aromatic N) is 1. The first-order valence-electron chi connectivity index (χ1n) is 6.97. The summed E-state index contributed by atoms with van der Waals surface area (Å²) >= 11 is 18.7. The minimum atomic E-state index is 0.127. The molecule has 0 radical (unpaired) electrons. The fourth-order valence-electron chi connectivity index (χ4n) is 2.26. The second-order valence-electron chi connectivity index (χ2n) is 5.60. The molecule has 0 aliphatic heterocycles. The smallest absolute Gasteiger partial charge is 0.138 e. The molecule has 116 valence electrons. The molecule has 1 aromatic heterocycles. The number of benzene rings is 1. The molecule has 1 aliphatic rings. The summed E-state index contributed by atoms with van der Waals surface area (Å²) in [4.78, 5) is 4.18. The van der Waals surface area contributed by atoms with Gasteiger partial charge in [0, 0.05) is 23.1 Å². The van der Waals surface area contributed by atoms with Gasteiger partial charge < -0.3 is 10.5 Å². The van der Waals surface area contributed by atoms with Crippen LogP contribution in [0.15, 0.2) is 30.5 Å². The predicted molar refractivity (Wildman–Crippen MR) is 90.9 cm³/mol. The molecule has 1 aromatic carbocycles. The van der Waals surface area contributed by atoms with Crippen LogP contribution in [0.3, 0.4) is 0 Å². The van der Waals surface area contributed by atoms with Crippen LogP contribution in [0.4, 0.5) is 0 Å². The maximum atomic E-state index is 6.24. The van der Waals surface area contributed by atoms with Crippen LogP contribution in [0, 0.1) is 5.41 Å². The zero-order chi connectivity index (χ0) is 15.7. The average molecular weight is 358 g/mol. The van der Waals surface area contributed by atoms with Gasteiger partial charge in [0.25, 0.3) is 0 Å². The first-order valence-corrected chi connectivity index (χ1v) is 8.11. The molecule has 3 nitrogen and oxygen atoms in total. The lowest BCUT2D eigenvalue weighted by Gasteiger charge is -2.15. The largest absolute Gasteiger partial charge is 0.491 e. The summed E-state index contributed by atoms with van der Waals surface area (Å²) in [5.41, 5.74) is 7.21. The van der Waals surface area contributed by atoms with Crippen molar-refractivity contribution in [3.8, 4) is 16.9 Å². The van der Waals surface area contributed by atoms with Crippen LogP contribution in [-0.4, -0.2) is 18.1 Å². The topological polar surface area (TPSA) is 48.1 Å². The van der Waals surface area contributed by atoms with Gasteiger partial charge >= 0.3 is 0 Å². The van der Waals surface area contributed by atoms with E-state index in [-0.39, 0.29) is 5.41 Å². The molecule has 2 aromatic rings. The summed E-state index contributed by atoms with van der Waals surface area (Å²) < 4.78 is 5.83. The summed E-state index contributed by atoms with van der Waals surface area (Å²) in [6, 6.07) is 7.13. The van der Waals surface area contributed by atoms with Gasteiger partial charge in [0.05, 0.1) is 22.8 Å². The molecule has 0 atom stereocenters. The highest BCUT2D eigenvalue weighted by Crippen LogP contribution is 2.45. The summed E-state index contributed by atoms with van der Waals surface area (Å²) in [5, 5.41) is 1.38. The molecular weight excluding hydrogens is 343 g/mol. The molecule has 0 bridgehead atoms. The van der Waals surface area contributed by atoms with E-state index in [4.69, 9.17) is 45.3 Å². The van der Waals surface area contributed by atoms with Gasteiger partial charge in [0.15, 0.2) is 0 Å². The van der Waals surface area contributed by atoms with E-state index in [0.29, 0.717) is 45.2 Å². The fourth-order valence-corrected chi connectivity index (χ4v) is 3.06. The first kappa shape index (κ1) is 15.9. The van der Waals surface area contributed by atoms with E-state index in [1.807, 2.05) is 6.07 Å². The number of nitrogens with two attached hydrogens (primary N) is 1. The zero-order valence-corrected chi connectivity index (χ0v) is 14.0. The van der Waals surface area contributed by atoms with Crippen molar-refractivity contribution in [3.63, 3.8) is 0 Å². The minimum absolute atomic E-state index is 0.127. The number of halogens is 3. The Bertz CT molecular complexity index is 682. The standard InChI is InChI=1S/C16H15Cl3N2O/c17-12-2-1-3-13(18)14(12)11-6-10(7-21-15(11)19)22-9-16(8-20)4-5-16/h1-3,6-7H,4-5,8-9,20H2. The van der Waals surface area contributed by atoms with Gasteiger partial charge in [-0.15, -0.1) is 0 Å². The Hall–Kier alpha value is -1.00. The summed E-state index contributed by atoms with van der Waals surface area (Å²) in [6.07, 6.45) is 3.81. The number of ether oxygens (including phenoxy) is 1. The van der Waals surface area contributed by atoms with Crippen molar-refractivity contribution < 1.29 is 4.74 Å². The van der Waals surface area contributed by atoms with E-state index in [2.05, 4.69) is 4.98 Å². The van der Waals surface area contributed by atoms with Gasteiger partial charge in [0.2, 0.25) is 0 Å². The lowest BCUT2D eigenvalue weighted by atomic mass is 10.1. The summed E-state index contributed by atoms with van der Waals surface area (Å²) in [7, 11) is 0. The van der Waals surface area contributed by atoms with Crippen LogP contribution in [0.1, 0.15) is 12.8 Å². The predicted octanol–water partition coefficient (Wildman–Crippen LogP) is 4.83. The Morgan fingerprint density at radius 1 is 1.18 bits per heavy atom. The Kier molecular flexibility index (Phi) is 4.51. The van der Waals surface area contributed by atoms with Gasteiger partial charge in [-0.25, -0.2) is 4.98 Å². The molecular formula is C16H15Cl3N2O. The van der Waals surface area contributed by atoms with Crippen molar-refractivity contribution in [1.82, 2.24) is 4.98 Å². The third-order valence-corrected chi connectivity index (χ3v) is 4.91. The molecule has 1 heterocycles. The molecule has 3 rings (SSSR count). The minimum Gasteiger partial charge on any atom is -0.491 e. The zero-order valence-electron chi connectivity index (χ0n) is 11.8. The van der Waals surface area contributed by atoms with Crippen molar-refractivity contribution >= 4 is 34.8 Å². The SMILES string of the molecule is NCC1(COc2cnc(Cl)c(-c3c(Cl)cccc3Cl)c2)CC1. The fraction of sp³-hybridized carbons (Fsp3) is 0.312. The molecule has 1 saturated carbocycles. The highest BCUT2D eigenvalue weighted by atomic mass is 35.5. The van der Waals surface area contributed by atoms with Crippen molar-refractivity contribution in [2.75, 3.05) is 13.2 Å². The van der Waals surface area contributed by atoms with Gasteiger partial charge in [0.1, 0.15) is 10.9 Å². The molecule has 6 heteroatoms. The molecule has 1 fully saturated rings. The maximum Gasteiger partial charge on any atom is 0.138 e. The average Bonchev–Trinajstić information content (AvgIpc) is 3.28. The number of aromatic nitrogens is 1. The summed E-state index contributed by atoms with van der Waals surface area (Å²) in [5.74, 6) is 0.634.